The Morgan fingerprint density at radius 2 is 2.17 bits per heavy atom. The van der Waals surface area contributed by atoms with Crippen LogP contribution in [-0.4, -0.2) is 31.0 Å². The minimum atomic E-state index is -0.00680. The van der Waals surface area contributed by atoms with Crippen molar-refractivity contribution in [3.05, 3.63) is 29.3 Å². The van der Waals surface area contributed by atoms with Gasteiger partial charge in [-0.1, -0.05) is 13.0 Å². The Hall–Kier alpha value is -1.16. The zero-order valence-electron chi connectivity index (χ0n) is 11.5. The van der Waals surface area contributed by atoms with Crippen LogP contribution in [0.2, 0.25) is 0 Å². The van der Waals surface area contributed by atoms with Gasteiger partial charge in [0.2, 0.25) is 0 Å². The van der Waals surface area contributed by atoms with Gasteiger partial charge in [-0.05, 0) is 37.3 Å². The Kier molecular flexibility index (Phi) is 6.05. The van der Waals surface area contributed by atoms with E-state index in [4.69, 9.17) is 0 Å². The van der Waals surface area contributed by atoms with Crippen molar-refractivity contribution in [1.82, 2.24) is 5.32 Å². The van der Waals surface area contributed by atoms with Crippen molar-refractivity contribution in [3.63, 3.8) is 0 Å². The third-order valence-corrected chi connectivity index (χ3v) is 3.97. The normalized spacial score (nSPS) is 12.0. The average molecular weight is 266 g/mol. The molecule has 4 heteroatoms. The van der Waals surface area contributed by atoms with Gasteiger partial charge in [-0.25, -0.2) is 0 Å². The minimum absolute atomic E-state index is 0.00680. The SMILES string of the molecule is CNc1cc(C)ccc1C(=O)NCCC(C)SC. The second-order valence-corrected chi connectivity index (χ2v) is 5.67. The summed E-state index contributed by atoms with van der Waals surface area (Å²) in [5.74, 6) is -0.00680. The first-order chi connectivity index (χ1) is 8.58. The fourth-order valence-electron chi connectivity index (χ4n) is 1.66. The van der Waals surface area contributed by atoms with Crippen molar-refractivity contribution in [2.45, 2.75) is 25.5 Å². The van der Waals surface area contributed by atoms with Crippen LogP contribution in [-0.2, 0) is 0 Å². The fraction of sp³-hybridized carbons (Fsp3) is 0.500. The van der Waals surface area contributed by atoms with E-state index in [0.717, 1.165) is 24.2 Å². The van der Waals surface area contributed by atoms with E-state index in [1.54, 1.807) is 0 Å². The summed E-state index contributed by atoms with van der Waals surface area (Å²) in [4.78, 5) is 12.0. The van der Waals surface area contributed by atoms with Gasteiger partial charge in [0.05, 0.1) is 5.56 Å². The van der Waals surface area contributed by atoms with Gasteiger partial charge >= 0.3 is 0 Å². The lowest BCUT2D eigenvalue weighted by Gasteiger charge is -2.12. The molecule has 1 unspecified atom stereocenters. The summed E-state index contributed by atoms with van der Waals surface area (Å²) in [6, 6.07) is 5.81. The summed E-state index contributed by atoms with van der Waals surface area (Å²) in [6.07, 6.45) is 3.08. The van der Waals surface area contributed by atoms with Gasteiger partial charge in [0.1, 0.15) is 0 Å². The Balaban J connectivity index is 2.61. The third kappa shape index (κ3) is 4.26. The Bertz CT molecular complexity index is 407. The molecule has 0 bridgehead atoms. The molecular formula is C14H22N2OS. The van der Waals surface area contributed by atoms with Crippen LogP contribution in [0.5, 0.6) is 0 Å². The maximum absolute atomic E-state index is 12.0. The number of amides is 1. The zero-order valence-corrected chi connectivity index (χ0v) is 12.4. The number of thioether (sulfide) groups is 1. The molecule has 0 saturated heterocycles. The molecule has 100 valence electrons. The number of hydrogen-bond donors (Lipinski definition) is 2. The van der Waals surface area contributed by atoms with Gasteiger partial charge in [-0.15, -0.1) is 0 Å². The number of benzene rings is 1. The molecule has 3 nitrogen and oxygen atoms in total. The number of hydrogen-bond acceptors (Lipinski definition) is 3. The summed E-state index contributed by atoms with van der Waals surface area (Å²) < 4.78 is 0. The van der Waals surface area contributed by atoms with Gasteiger partial charge in [-0.3, -0.25) is 4.79 Å². The molecule has 0 saturated carbocycles. The first kappa shape index (κ1) is 14.9. The summed E-state index contributed by atoms with van der Waals surface area (Å²) in [7, 11) is 1.83. The smallest absolute Gasteiger partial charge is 0.253 e. The van der Waals surface area contributed by atoms with E-state index >= 15 is 0 Å². The second-order valence-electron chi connectivity index (χ2n) is 4.39. The van der Waals surface area contributed by atoms with Crippen LogP contribution < -0.4 is 10.6 Å². The number of aryl methyl sites for hydroxylation is 1. The number of carbonyl (C=O) groups excluding carboxylic acids is 1. The van der Waals surface area contributed by atoms with E-state index < -0.39 is 0 Å². The molecule has 2 N–H and O–H groups in total. The summed E-state index contributed by atoms with van der Waals surface area (Å²) >= 11 is 1.82. The minimum Gasteiger partial charge on any atom is -0.387 e. The molecule has 0 aliphatic carbocycles. The van der Waals surface area contributed by atoms with Crippen molar-refractivity contribution in [3.8, 4) is 0 Å². The Labute approximate surface area is 114 Å². The highest BCUT2D eigenvalue weighted by Gasteiger charge is 2.10. The van der Waals surface area contributed by atoms with Gasteiger partial charge in [-0.2, -0.15) is 11.8 Å². The molecule has 0 aromatic heterocycles. The van der Waals surface area contributed by atoms with Gasteiger partial charge in [0.15, 0.2) is 0 Å². The number of rotatable bonds is 6. The van der Waals surface area contributed by atoms with Gasteiger partial charge < -0.3 is 10.6 Å². The first-order valence-electron chi connectivity index (χ1n) is 6.18. The molecule has 0 radical (unpaired) electrons. The molecule has 1 amide bonds. The van der Waals surface area contributed by atoms with Crippen LogP contribution in [0, 0.1) is 6.92 Å². The molecule has 0 aliphatic heterocycles. The van der Waals surface area contributed by atoms with Crippen molar-refractivity contribution >= 4 is 23.4 Å². The van der Waals surface area contributed by atoms with E-state index in [1.807, 2.05) is 43.9 Å². The highest BCUT2D eigenvalue weighted by molar-refractivity contribution is 7.99. The first-order valence-corrected chi connectivity index (χ1v) is 7.46. The largest absolute Gasteiger partial charge is 0.387 e. The topological polar surface area (TPSA) is 41.1 Å². The summed E-state index contributed by atoms with van der Waals surface area (Å²) in [6.45, 7) is 4.91. The highest BCUT2D eigenvalue weighted by atomic mass is 32.2. The highest BCUT2D eigenvalue weighted by Crippen LogP contribution is 2.17. The summed E-state index contributed by atoms with van der Waals surface area (Å²) in [5, 5.41) is 6.60. The number of nitrogens with one attached hydrogen (secondary N) is 2. The fourth-order valence-corrected chi connectivity index (χ4v) is 2.02. The van der Waals surface area contributed by atoms with Crippen molar-refractivity contribution in [2.75, 3.05) is 25.2 Å². The Morgan fingerprint density at radius 3 is 2.78 bits per heavy atom. The molecule has 0 fully saturated rings. The standard InChI is InChI=1S/C14H22N2OS/c1-10-5-6-12(13(9-10)15-3)14(17)16-8-7-11(2)18-4/h5-6,9,11,15H,7-8H2,1-4H3,(H,16,17). The predicted octanol–water partition coefficient (Wildman–Crippen LogP) is 2.91. The van der Waals surface area contributed by atoms with Crippen molar-refractivity contribution < 1.29 is 4.79 Å². The number of carbonyl (C=O) groups is 1. The maximum atomic E-state index is 12.0. The number of anilines is 1. The van der Waals surface area contributed by atoms with E-state index in [-0.39, 0.29) is 5.91 Å². The van der Waals surface area contributed by atoms with Crippen LogP contribution in [0.15, 0.2) is 18.2 Å². The van der Waals surface area contributed by atoms with Crippen LogP contribution in [0.3, 0.4) is 0 Å². The van der Waals surface area contributed by atoms with E-state index in [9.17, 15) is 4.79 Å². The second kappa shape index (κ2) is 7.31. The molecule has 1 atom stereocenters. The van der Waals surface area contributed by atoms with Crippen LogP contribution in [0.25, 0.3) is 0 Å². The maximum Gasteiger partial charge on any atom is 0.253 e. The molecular weight excluding hydrogens is 244 g/mol. The summed E-state index contributed by atoms with van der Waals surface area (Å²) in [5.41, 5.74) is 2.73. The molecule has 1 aromatic carbocycles. The van der Waals surface area contributed by atoms with Crippen LogP contribution in [0.4, 0.5) is 5.69 Å². The predicted molar refractivity (Wildman–Crippen MR) is 80.7 cm³/mol. The van der Waals surface area contributed by atoms with Gasteiger partial charge in [0.25, 0.3) is 5.91 Å². The molecule has 1 aromatic rings. The molecule has 0 spiro atoms. The lowest BCUT2D eigenvalue weighted by Crippen LogP contribution is -2.26. The van der Waals surface area contributed by atoms with Gasteiger partial charge in [0, 0.05) is 24.5 Å². The average Bonchev–Trinajstić information content (AvgIpc) is 2.37. The monoisotopic (exact) mass is 266 g/mol. The van der Waals surface area contributed by atoms with Crippen LogP contribution in [0.1, 0.15) is 29.3 Å². The lowest BCUT2D eigenvalue weighted by atomic mass is 10.1. The Morgan fingerprint density at radius 1 is 1.44 bits per heavy atom. The molecule has 18 heavy (non-hydrogen) atoms. The van der Waals surface area contributed by atoms with Crippen molar-refractivity contribution in [1.29, 1.82) is 0 Å². The van der Waals surface area contributed by atoms with Crippen molar-refractivity contribution in [2.24, 2.45) is 0 Å². The van der Waals surface area contributed by atoms with E-state index in [1.165, 1.54) is 0 Å². The van der Waals surface area contributed by atoms with E-state index in [0.29, 0.717) is 10.8 Å². The molecule has 1 rings (SSSR count). The third-order valence-electron chi connectivity index (χ3n) is 2.93. The quantitative estimate of drug-likeness (QED) is 0.832. The van der Waals surface area contributed by atoms with E-state index in [2.05, 4.69) is 23.8 Å². The lowest BCUT2D eigenvalue weighted by molar-refractivity contribution is 0.0954. The zero-order chi connectivity index (χ0) is 13.5. The molecule has 0 heterocycles. The van der Waals surface area contributed by atoms with Crippen LogP contribution >= 0.6 is 11.8 Å². The molecule has 0 aliphatic rings.